The standard InChI is InChI=1S/C9H5F5N2/c1-2-3(16-15)4-5(10)7(12)9(14)8(13)6(4)11/h1,3,16H,15H2. The second-order valence-electron chi connectivity index (χ2n) is 2.75. The van der Waals surface area contributed by atoms with E-state index >= 15 is 0 Å². The number of terminal acetylenes is 1. The van der Waals surface area contributed by atoms with Gasteiger partial charge in [0.1, 0.15) is 6.04 Å². The van der Waals surface area contributed by atoms with Gasteiger partial charge in [-0.2, -0.15) is 0 Å². The highest BCUT2D eigenvalue weighted by atomic mass is 19.2. The first-order valence-electron chi connectivity index (χ1n) is 3.89. The lowest BCUT2D eigenvalue weighted by molar-refractivity contribution is 0.364. The zero-order valence-electron chi connectivity index (χ0n) is 7.62. The molecule has 2 nitrogen and oxygen atoms in total. The van der Waals surface area contributed by atoms with Gasteiger partial charge in [-0.1, -0.05) is 5.92 Å². The van der Waals surface area contributed by atoms with Crippen molar-refractivity contribution in [3.8, 4) is 12.3 Å². The molecule has 0 saturated heterocycles. The molecule has 1 unspecified atom stereocenters. The second kappa shape index (κ2) is 4.47. The van der Waals surface area contributed by atoms with Crippen LogP contribution in [0.25, 0.3) is 0 Å². The Labute approximate surface area is 87.2 Å². The van der Waals surface area contributed by atoms with Crippen molar-refractivity contribution in [1.29, 1.82) is 0 Å². The maximum atomic E-state index is 13.1. The largest absolute Gasteiger partial charge is 0.270 e. The first-order valence-corrected chi connectivity index (χ1v) is 3.89. The molecule has 0 fully saturated rings. The number of hydrazine groups is 1. The van der Waals surface area contributed by atoms with E-state index in [0.717, 1.165) is 0 Å². The van der Waals surface area contributed by atoms with Crippen molar-refractivity contribution in [2.75, 3.05) is 0 Å². The van der Waals surface area contributed by atoms with Crippen molar-refractivity contribution in [1.82, 2.24) is 5.43 Å². The minimum atomic E-state index is -2.24. The highest BCUT2D eigenvalue weighted by Gasteiger charge is 2.29. The van der Waals surface area contributed by atoms with E-state index in [-0.39, 0.29) is 0 Å². The molecule has 7 heteroatoms. The predicted molar refractivity (Wildman–Crippen MR) is 45.1 cm³/mol. The maximum Gasteiger partial charge on any atom is 0.200 e. The molecule has 0 saturated carbocycles. The number of nitrogens with two attached hydrogens (primary N) is 1. The zero-order chi connectivity index (χ0) is 12.5. The molecule has 1 rings (SSSR count). The molecule has 0 aliphatic carbocycles. The molecular formula is C9H5F5N2. The molecule has 0 heterocycles. The van der Waals surface area contributed by atoms with E-state index in [4.69, 9.17) is 12.3 Å². The lowest BCUT2D eigenvalue weighted by Gasteiger charge is -2.13. The molecule has 86 valence electrons. The molecule has 0 aliphatic rings. The first-order chi connectivity index (χ1) is 7.45. The van der Waals surface area contributed by atoms with Crippen LogP contribution in [0.4, 0.5) is 22.0 Å². The Morgan fingerprint density at radius 3 is 1.62 bits per heavy atom. The Bertz CT molecular complexity index is 437. The Kier molecular flexibility index (Phi) is 3.47. The predicted octanol–water partition coefficient (Wildman–Crippen LogP) is 1.52. The van der Waals surface area contributed by atoms with Gasteiger partial charge >= 0.3 is 0 Å². The van der Waals surface area contributed by atoms with Crippen LogP contribution in [0.2, 0.25) is 0 Å². The Hall–Kier alpha value is -1.65. The Morgan fingerprint density at radius 2 is 1.31 bits per heavy atom. The third-order valence-electron chi connectivity index (χ3n) is 1.87. The monoisotopic (exact) mass is 236 g/mol. The van der Waals surface area contributed by atoms with Crippen molar-refractivity contribution >= 4 is 0 Å². The molecule has 0 spiro atoms. The van der Waals surface area contributed by atoms with E-state index in [1.165, 1.54) is 0 Å². The Morgan fingerprint density at radius 1 is 0.938 bits per heavy atom. The second-order valence-corrected chi connectivity index (χ2v) is 2.75. The number of hydrogen-bond donors (Lipinski definition) is 2. The van der Waals surface area contributed by atoms with Crippen molar-refractivity contribution in [3.05, 3.63) is 34.6 Å². The SMILES string of the molecule is C#CC(NN)c1c(F)c(F)c(F)c(F)c1F. The average Bonchev–Trinajstić information content (AvgIpc) is 2.29. The molecule has 1 aromatic carbocycles. The summed E-state index contributed by atoms with van der Waals surface area (Å²) in [6.07, 6.45) is 4.83. The molecular weight excluding hydrogens is 231 g/mol. The summed E-state index contributed by atoms with van der Waals surface area (Å²) in [7, 11) is 0. The molecule has 3 N–H and O–H groups in total. The van der Waals surface area contributed by atoms with Crippen LogP contribution in [0.15, 0.2) is 0 Å². The van der Waals surface area contributed by atoms with Gasteiger partial charge in [0.05, 0.1) is 5.56 Å². The lowest BCUT2D eigenvalue weighted by atomic mass is 10.1. The number of nitrogens with one attached hydrogen (secondary N) is 1. The van der Waals surface area contributed by atoms with E-state index < -0.39 is 40.7 Å². The topological polar surface area (TPSA) is 38.0 Å². The van der Waals surface area contributed by atoms with E-state index in [9.17, 15) is 22.0 Å². The number of halogens is 5. The third kappa shape index (κ3) is 1.73. The molecule has 16 heavy (non-hydrogen) atoms. The quantitative estimate of drug-likeness (QED) is 0.204. The maximum absolute atomic E-state index is 13.1. The smallest absolute Gasteiger partial charge is 0.200 e. The van der Waals surface area contributed by atoms with Crippen LogP contribution >= 0.6 is 0 Å². The van der Waals surface area contributed by atoms with Crippen molar-refractivity contribution in [3.63, 3.8) is 0 Å². The fraction of sp³-hybridized carbons (Fsp3) is 0.111. The number of benzene rings is 1. The van der Waals surface area contributed by atoms with Crippen LogP contribution in [0.1, 0.15) is 11.6 Å². The van der Waals surface area contributed by atoms with Crippen molar-refractivity contribution in [2.45, 2.75) is 6.04 Å². The highest BCUT2D eigenvalue weighted by molar-refractivity contribution is 5.31. The van der Waals surface area contributed by atoms with Crippen LogP contribution in [0, 0.1) is 41.4 Å². The fourth-order valence-corrected chi connectivity index (χ4v) is 1.09. The summed E-state index contributed by atoms with van der Waals surface area (Å²) >= 11 is 0. The first kappa shape index (κ1) is 12.4. The molecule has 0 aliphatic heterocycles. The van der Waals surface area contributed by atoms with Crippen LogP contribution in [-0.2, 0) is 0 Å². The molecule has 0 bridgehead atoms. The normalized spacial score (nSPS) is 12.3. The van der Waals surface area contributed by atoms with Crippen molar-refractivity contribution in [2.24, 2.45) is 5.84 Å². The van der Waals surface area contributed by atoms with Crippen LogP contribution in [-0.4, -0.2) is 0 Å². The number of rotatable bonds is 2. The van der Waals surface area contributed by atoms with E-state index in [1.54, 1.807) is 11.3 Å². The summed E-state index contributed by atoms with van der Waals surface area (Å²) < 4.78 is 64.3. The van der Waals surface area contributed by atoms with E-state index in [1.807, 2.05) is 0 Å². The van der Waals surface area contributed by atoms with Gasteiger partial charge in [0.25, 0.3) is 0 Å². The minimum absolute atomic E-state index is 1.18. The van der Waals surface area contributed by atoms with Gasteiger partial charge in [-0.25, -0.2) is 27.4 Å². The molecule has 0 aromatic heterocycles. The van der Waals surface area contributed by atoms with Crippen LogP contribution < -0.4 is 11.3 Å². The minimum Gasteiger partial charge on any atom is -0.270 e. The van der Waals surface area contributed by atoms with Gasteiger partial charge in [0, 0.05) is 0 Å². The van der Waals surface area contributed by atoms with Gasteiger partial charge in [-0.05, 0) is 0 Å². The van der Waals surface area contributed by atoms with Crippen LogP contribution in [0.5, 0.6) is 0 Å². The van der Waals surface area contributed by atoms with Gasteiger partial charge in [0.2, 0.25) is 5.82 Å². The van der Waals surface area contributed by atoms with Gasteiger partial charge < -0.3 is 0 Å². The molecule has 1 atom stereocenters. The Balaban J connectivity index is 3.58. The molecule has 0 amide bonds. The van der Waals surface area contributed by atoms with Crippen molar-refractivity contribution < 1.29 is 22.0 Å². The summed E-state index contributed by atoms with van der Waals surface area (Å²) in [5.41, 5.74) is 0.572. The van der Waals surface area contributed by atoms with Gasteiger partial charge in [-0.15, -0.1) is 6.42 Å². The third-order valence-corrected chi connectivity index (χ3v) is 1.87. The average molecular weight is 236 g/mol. The zero-order valence-corrected chi connectivity index (χ0v) is 7.62. The molecule has 0 radical (unpaired) electrons. The van der Waals surface area contributed by atoms with E-state index in [0.29, 0.717) is 0 Å². The van der Waals surface area contributed by atoms with E-state index in [2.05, 4.69) is 0 Å². The summed E-state index contributed by atoms with van der Waals surface area (Å²) in [4.78, 5) is 0. The van der Waals surface area contributed by atoms with Gasteiger partial charge in [-0.3, -0.25) is 5.84 Å². The lowest BCUT2D eigenvalue weighted by Crippen LogP contribution is -2.29. The molecule has 1 aromatic rings. The summed E-state index contributed by atoms with van der Waals surface area (Å²) in [5, 5.41) is 0. The number of hydrogen-bond acceptors (Lipinski definition) is 2. The van der Waals surface area contributed by atoms with Crippen LogP contribution in [0.3, 0.4) is 0 Å². The summed E-state index contributed by atoms with van der Waals surface area (Å²) in [6.45, 7) is 0. The summed E-state index contributed by atoms with van der Waals surface area (Å²) in [5.74, 6) is -3.80. The van der Waals surface area contributed by atoms with Gasteiger partial charge in [0.15, 0.2) is 23.3 Å². The highest BCUT2D eigenvalue weighted by Crippen LogP contribution is 2.26. The fourth-order valence-electron chi connectivity index (χ4n) is 1.09. The summed E-state index contributed by atoms with van der Waals surface area (Å²) in [6, 6.07) is -1.61.